The summed E-state index contributed by atoms with van der Waals surface area (Å²) in [7, 11) is 0. The highest BCUT2D eigenvalue weighted by molar-refractivity contribution is 7.17. The molecule has 3 fully saturated rings. The number of aryl methyl sites for hydroxylation is 1. The van der Waals surface area contributed by atoms with Gasteiger partial charge in [-0.05, 0) is 36.8 Å². The van der Waals surface area contributed by atoms with Crippen molar-refractivity contribution in [1.29, 1.82) is 5.26 Å². The number of imide groups is 1. The summed E-state index contributed by atoms with van der Waals surface area (Å²) in [4.78, 5) is 28.5. The first-order chi connectivity index (χ1) is 13.9. The fourth-order valence-electron chi connectivity index (χ4n) is 5.09. The lowest BCUT2D eigenvalue weighted by molar-refractivity contribution is -0.124. The number of hydrogen-bond acceptors (Lipinski definition) is 5. The maximum Gasteiger partial charge on any atom is 0.241 e. The Hall–Kier alpha value is -2.49. The first-order valence-corrected chi connectivity index (χ1v) is 10.9. The van der Waals surface area contributed by atoms with Crippen molar-refractivity contribution in [3.63, 3.8) is 0 Å². The van der Waals surface area contributed by atoms with Gasteiger partial charge in [-0.1, -0.05) is 38.1 Å². The number of fused-ring (bicyclic) bond motifs is 5. The van der Waals surface area contributed by atoms with Gasteiger partial charge in [0, 0.05) is 10.4 Å². The van der Waals surface area contributed by atoms with Gasteiger partial charge in [0.15, 0.2) is 0 Å². The van der Waals surface area contributed by atoms with Gasteiger partial charge in [-0.15, -0.1) is 11.3 Å². The highest BCUT2D eigenvalue weighted by atomic mass is 32.1. The van der Waals surface area contributed by atoms with E-state index in [0.29, 0.717) is 16.5 Å². The third kappa shape index (κ3) is 2.54. The van der Waals surface area contributed by atoms with E-state index in [1.54, 1.807) is 0 Å². The molecule has 2 aromatic rings. The molecular weight excluding hydrogens is 384 g/mol. The second kappa shape index (κ2) is 6.51. The molecule has 2 bridgehead atoms. The van der Waals surface area contributed by atoms with Crippen molar-refractivity contribution in [2.24, 2.45) is 11.8 Å². The van der Waals surface area contributed by atoms with E-state index in [1.807, 2.05) is 19.1 Å². The topological polar surface area (TPSA) is 70.4 Å². The molecule has 5 nitrogen and oxygen atoms in total. The number of hydrogen-bond donors (Lipinski definition) is 0. The van der Waals surface area contributed by atoms with Gasteiger partial charge in [-0.3, -0.25) is 9.59 Å². The van der Waals surface area contributed by atoms with E-state index in [0.717, 1.165) is 28.8 Å². The average Bonchev–Trinajstić information content (AvgIpc) is 3.44. The third-order valence-corrected chi connectivity index (χ3v) is 7.62. The normalized spacial score (nSPS) is 27.8. The van der Waals surface area contributed by atoms with Crippen LogP contribution in [0.4, 0.5) is 5.00 Å². The number of benzene rings is 1. The molecule has 5 rings (SSSR count). The van der Waals surface area contributed by atoms with Crippen molar-refractivity contribution in [1.82, 2.24) is 0 Å². The maximum atomic E-state index is 13.2. The van der Waals surface area contributed by atoms with Crippen molar-refractivity contribution < 1.29 is 14.3 Å². The Kier molecular flexibility index (Phi) is 4.16. The van der Waals surface area contributed by atoms with E-state index >= 15 is 0 Å². The fraction of sp³-hybridized carbons (Fsp3) is 0.435. The molecule has 1 aromatic heterocycles. The minimum atomic E-state index is -0.385. The van der Waals surface area contributed by atoms with Crippen molar-refractivity contribution >= 4 is 28.2 Å². The van der Waals surface area contributed by atoms with Gasteiger partial charge in [0.05, 0.1) is 29.6 Å². The predicted octanol–water partition coefficient (Wildman–Crippen LogP) is 4.39. The zero-order valence-electron chi connectivity index (χ0n) is 16.6. The summed E-state index contributed by atoms with van der Waals surface area (Å²) in [6.45, 7) is 6.23. The highest BCUT2D eigenvalue weighted by Crippen LogP contribution is 2.52. The summed E-state index contributed by atoms with van der Waals surface area (Å²) in [5, 5.41) is 10.4. The quantitative estimate of drug-likeness (QED) is 0.709. The van der Waals surface area contributed by atoms with Gasteiger partial charge in [0.1, 0.15) is 11.1 Å². The van der Waals surface area contributed by atoms with Crippen LogP contribution < -0.4 is 4.90 Å². The second-order valence-corrected chi connectivity index (χ2v) is 9.66. The Bertz CT molecular complexity index is 1040. The lowest BCUT2D eigenvalue weighted by atomic mass is 9.81. The van der Waals surface area contributed by atoms with Crippen molar-refractivity contribution in [2.45, 2.75) is 51.7 Å². The molecule has 2 amide bonds. The van der Waals surface area contributed by atoms with Crippen LogP contribution in [-0.4, -0.2) is 24.0 Å². The molecule has 4 heterocycles. The minimum absolute atomic E-state index is 0.152. The summed E-state index contributed by atoms with van der Waals surface area (Å²) in [6, 6.07) is 10.5. The van der Waals surface area contributed by atoms with Crippen LogP contribution in [0, 0.1) is 30.1 Å². The Morgan fingerprint density at radius 1 is 1.10 bits per heavy atom. The molecule has 0 saturated carbocycles. The number of carbonyl (C=O) groups is 2. The van der Waals surface area contributed by atoms with E-state index in [9.17, 15) is 14.9 Å². The van der Waals surface area contributed by atoms with E-state index in [1.165, 1.54) is 21.8 Å². The SMILES string of the molecule is Cc1sc(N2C(=O)[C@@H]3[C@@H](C2=O)[C@H]2CC[C@@H]3O2)c(C#N)c1-c1ccc(C(C)C)cc1. The number of nitrogens with zero attached hydrogens (tertiary/aromatic N) is 2. The van der Waals surface area contributed by atoms with Gasteiger partial charge in [-0.25, -0.2) is 4.90 Å². The van der Waals surface area contributed by atoms with Crippen molar-refractivity contribution in [3.05, 3.63) is 40.3 Å². The zero-order chi connectivity index (χ0) is 20.4. The minimum Gasteiger partial charge on any atom is -0.373 e. The first kappa shape index (κ1) is 18.5. The van der Waals surface area contributed by atoms with Crippen molar-refractivity contribution in [3.8, 4) is 17.2 Å². The summed E-state index contributed by atoms with van der Waals surface area (Å²) in [5.41, 5.74) is 3.40. The number of rotatable bonds is 3. The second-order valence-electron chi connectivity index (χ2n) is 8.46. The van der Waals surface area contributed by atoms with Gasteiger partial charge >= 0.3 is 0 Å². The highest BCUT2D eigenvalue weighted by Gasteiger charge is 2.63. The molecule has 3 saturated heterocycles. The number of ether oxygens (including phenoxy) is 1. The molecule has 0 spiro atoms. The van der Waals surface area contributed by atoms with Gasteiger partial charge < -0.3 is 4.74 Å². The lowest BCUT2D eigenvalue weighted by Crippen LogP contribution is -2.34. The molecule has 3 aliphatic heterocycles. The molecule has 0 unspecified atom stereocenters. The van der Waals surface area contributed by atoms with Crippen LogP contribution in [0.15, 0.2) is 24.3 Å². The third-order valence-electron chi connectivity index (χ3n) is 6.53. The Morgan fingerprint density at radius 2 is 1.69 bits per heavy atom. The van der Waals surface area contributed by atoms with Gasteiger partial charge in [0.25, 0.3) is 0 Å². The maximum absolute atomic E-state index is 13.2. The summed E-state index contributed by atoms with van der Waals surface area (Å²) in [5.74, 6) is -0.748. The smallest absolute Gasteiger partial charge is 0.241 e. The zero-order valence-corrected chi connectivity index (χ0v) is 17.5. The van der Waals surface area contributed by atoms with Crippen LogP contribution in [0.2, 0.25) is 0 Å². The van der Waals surface area contributed by atoms with E-state index in [4.69, 9.17) is 4.74 Å². The monoisotopic (exact) mass is 406 g/mol. The van der Waals surface area contributed by atoms with Crippen LogP contribution in [-0.2, 0) is 14.3 Å². The van der Waals surface area contributed by atoms with Gasteiger partial charge in [0.2, 0.25) is 11.8 Å². The average molecular weight is 407 g/mol. The van der Waals surface area contributed by atoms with Gasteiger partial charge in [-0.2, -0.15) is 5.26 Å². The lowest BCUT2D eigenvalue weighted by Gasteiger charge is -2.16. The number of anilines is 1. The Balaban J connectivity index is 1.57. The van der Waals surface area contributed by atoms with Crippen LogP contribution in [0.1, 0.15) is 48.6 Å². The summed E-state index contributed by atoms with van der Waals surface area (Å²) < 4.78 is 5.82. The summed E-state index contributed by atoms with van der Waals surface area (Å²) in [6.07, 6.45) is 1.36. The van der Waals surface area contributed by atoms with Crippen molar-refractivity contribution in [2.75, 3.05) is 4.90 Å². The number of carbonyl (C=O) groups excluding carboxylic acids is 2. The molecule has 148 valence electrons. The molecular formula is C23H22N2O3S. The van der Waals surface area contributed by atoms with Crippen LogP contribution in [0.25, 0.3) is 11.1 Å². The number of amides is 2. The number of nitriles is 1. The van der Waals surface area contributed by atoms with Crippen LogP contribution >= 0.6 is 11.3 Å². The Labute approximate surface area is 173 Å². The molecule has 6 heteroatoms. The molecule has 3 aliphatic rings. The van der Waals surface area contributed by atoms with E-state index < -0.39 is 0 Å². The van der Waals surface area contributed by atoms with E-state index in [-0.39, 0.29) is 35.9 Å². The summed E-state index contributed by atoms with van der Waals surface area (Å²) >= 11 is 1.36. The molecule has 29 heavy (non-hydrogen) atoms. The standard InChI is InChI=1S/C23H22N2O3S/c1-11(2)13-4-6-14(7-5-13)18-12(3)29-23(15(18)10-24)25-21(26)19-16-8-9-17(28-16)20(19)22(25)27/h4-7,11,16-17,19-20H,8-9H2,1-3H3/t16-,17+,19-,20-/m0/s1. The van der Waals surface area contributed by atoms with Crippen LogP contribution in [0.5, 0.6) is 0 Å². The molecule has 0 N–H and O–H groups in total. The molecule has 1 aromatic carbocycles. The molecule has 0 radical (unpaired) electrons. The Morgan fingerprint density at radius 3 is 2.21 bits per heavy atom. The first-order valence-electron chi connectivity index (χ1n) is 10.1. The fourth-order valence-corrected chi connectivity index (χ4v) is 6.22. The molecule has 0 aliphatic carbocycles. The predicted molar refractivity (Wildman–Crippen MR) is 111 cm³/mol. The molecule has 4 atom stereocenters. The number of thiophene rings is 1. The van der Waals surface area contributed by atoms with E-state index in [2.05, 4.69) is 32.0 Å². The van der Waals surface area contributed by atoms with Crippen LogP contribution in [0.3, 0.4) is 0 Å². The largest absolute Gasteiger partial charge is 0.373 e.